The van der Waals surface area contributed by atoms with Crippen LogP contribution in [-0.2, 0) is 0 Å². The van der Waals surface area contributed by atoms with Gasteiger partial charge in [0, 0.05) is 10.6 Å². The van der Waals surface area contributed by atoms with E-state index >= 15 is 0 Å². The molecule has 0 bridgehead atoms. The molecular formula is C14H13BrN4S. The van der Waals surface area contributed by atoms with Gasteiger partial charge in [-0.25, -0.2) is 9.67 Å². The van der Waals surface area contributed by atoms with Crippen molar-refractivity contribution in [2.24, 2.45) is 0 Å². The predicted molar refractivity (Wildman–Crippen MR) is 85.4 cm³/mol. The van der Waals surface area contributed by atoms with Crippen molar-refractivity contribution < 1.29 is 0 Å². The lowest BCUT2D eigenvalue weighted by Gasteiger charge is -2.14. The van der Waals surface area contributed by atoms with Crippen LogP contribution in [-0.4, -0.2) is 14.8 Å². The van der Waals surface area contributed by atoms with Crippen LogP contribution in [0.25, 0.3) is 5.69 Å². The number of nitrogens with zero attached hydrogens (tertiary/aromatic N) is 3. The topological polar surface area (TPSA) is 42.7 Å². The highest BCUT2D eigenvalue weighted by Crippen LogP contribution is 2.29. The number of benzene rings is 1. The quantitative estimate of drug-likeness (QED) is 0.765. The van der Waals surface area contributed by atoms with Gasteiger partial charge < -0.3 is 5.32 Å². The van der Waals surface area contributed by atoms with E-state index in [0.717, 1.165) is 15.2 Å². The first-order valence-corrected chi connectivity index (χ1v) is 7.80. The molecule has 2 heterocycles. The Labute approximate surface area is 129 Å². The summed E-state index contributed by atoms with van der Waals surface area (Å²) in [7, 11) is 0. The van der Waals surface area contributed by atoms with Crippen molar-refractivity contribution in [3.63, 3.8) is 0 Å². The van der Waals surface area contributed by atoms with Crippen LogP contribution in [0.5, 0.6) is 0 Å². The molecule has 102 valence electrons. The number of hydrogen-bond donors (Lipinski definition) is 1. The first-order valence-electron chi connectivity index (χ1n) is 6.19. The van der Waals surface area contributed by atoms with E-state index in [0.29, 0.717) is 0 Å². The van der Waals surface area contributed by atoms with Gasteiger partial charge in [0.2, 0.25) is 0 Å². The fraction of sp³-hybridized carbons (Fsp3) is 0.143. The van der Waals surface area contributed by atoms with E-state index in [-0.39, 0.29) is 6.04 Å². The Bertz CT molecular complexity index is 676. The Morgan fingerprint density at radius 3 is 2.60 bits per heavy atom. The molecule has 1 aromatic carbocycles. The Balaban J connectivity index is 1.72. The SMILES string of the molecule is CC(Nc1ccc(-n2cncn2)cc1)c1ccc(Br)s1. The molecule has 0 fully saturated rings. The highest BCUT2D eigenvalue weighted by molar-refractivity contribution is 9.11. The van der Waals surface area contributed by atoms with E-state index in [1.807, 2.05) is 12.1 Å². The number of anilines is 1. The van der Waals surface area contributed by atoms with Gasteiger partial charge in [-0.15, -0.1) is 11.3 Å². The minimum Gasteiger partial charge on any atom is -0.378 e. The number of halogens is 1. The molecule has 4 nitrogen and oxygen atoms in total. The lowest BCUT2D eigenvalue weighted by Crippen LogP contribution is -2.04. The molecule has 0 aliphatic carbocycles. The first kappa shape index (κ1) is 13.3. The normalized spacial score (nSPS) is 12.3. The molecular weight excluding hydrogens is 336 g/mol. The van der Waals surface area contributed by atoms with Crippen molar-refractivity contribution in [2.45, 2.75) is 13.0 Å². The molecule has 1 unspecified atom stereocenters. The lowest BCUT2D eigenvalue weighted by molar-refractivity contribution is 0.876. The molecule has 0 aliphatic rings. The second kappa shape index (κ2) is 5.76. The summed E-state index contributed by atoms with van der Waals surface area (Å²) in [6, 6.07) is 12.6. The van der Waals surface area contributed by atoms with Crippen LogP contribution in [0.3, 0.4) is 0 Å². The summed E-state index contributed by atoms with van der Waals surface area (Å²) in [5, 5.41) is 7.60. The van der Waals surface area contributed by atoms with Crippen LogP contribution in [0.15, 0.2) is 52.8 Å². The standard InChI is InChI=1S/C14H13BrN4S/c1-10(13-6-7-14(15)20-13)18-11-2-4-12(5-3-11)19-9-16-8-17-19/h2-10,18H,1H3. The zero-order valence-corrected chi connectivity index (χ0v) is 13.2. The smallest absolute Gasteiger partial charge is 0.138 e. The van der Waals surface area contributed by atoms with Crippen molar-refractivity contribution in [3.8, 4) is 5.69 Å². The van der Waals surface area contributed by atoms with Crippen molar-refractivity contribution in [1.29, 1.82) is 0 Å². The van der Waals surface area contributed by atoms with E-state index in [2.05, 4.69) is 62.5 Å². The number of nitrogens with one attached hydrogen (secondary N) is 1. The Morgan fingerprint density at radius 2 is 2.00 bits per heavy atom. The number of hydrogen-bond acceptors (Lipinski definition) is 4. The van der Waals surface area contributed by atoms with Gasteiger partial charge in [0.25, 0.3) is 0 Å². The second-order valence-corrected chi connectivity index (χ2v) is 6.89. The van der Waals surface area contributed by atoms with E-state index in [9.17, 15) is 0 Å². The van der Waals surface area contributed by atoms with Crippen LogP contribution in [0.2, 0.25) is 0 Å². The van der Waals surface area contributed by atoms with Crippen molar-refractivity contribution in [2.75, 3.05) is 5.32 Å². The summed E-state index contributed by atoms with van der Waals surface area (Å²) in [6.45, 7) is 2.16. The van der Waals surface area contributed by atoms with Crippen LogP contribution in [0.4, 0.5) is 5.69 Å². The van der Waals surface area contributed by atoms with E-state index in [4.69, 9.17) is 0 Å². The van der Waals surface area contributed by atoms with E-state index in [1.54, 1.807) is 22.3 Å². The Kier molecular flexibility index (Phi) is 3.84. The van der Waals surface area contributed by atoms with Crippen molar-refractivity contribution in [1.82, 2.24) is 14.8 Å². The third-order valence-electron chi connectivity index (χ3n) is 2.95. The molecule has 3 aromatic rings. The minimum atomic E-state index is 0.281. The molecule has 2 aromatic heterocycles. The molecule has 0 aliphatic heterocycles. The number of thiophene rings is 1. The van der Waals surface area contributed by atoms with Crippen LogP contribution in [0, 0.1) is 0 Å². The molecule has 6 heteroatoms. The summed E-state index contributed by atoms with van der Waals surface area (Å²) < 4.78 is 2.89. The molecule has 1 N–H and O–H groups in total. The summed E-state index contributed by atoms with van der Waals surface area (Å²) >= 11 is 5.24. The maximum absolute atomic E-state index is 4.11. The molecule has 1 atom stereocenters. The van der Waals surface area contributed by atoms with Gasteiger partial charge in [-0.2, -0.15) is 5.10 Å². The van der Waals surface area contributed by atoms with Gasteiger partial charge in [0.1, 0.15) is 12.7 Å². The number of aromatic nitrogens is 3. The van der Waals surface area contributed by atoms with Crippen molar-refractivity contribution >= 4 is 33.0 Å². The van der Waals surface area contributed by atoms with Crippen LogP contribution in [0.1, 0.15) is 17.8 Å². The fourth-order valence-electron chi connectivity index (χ4n) is 1.93. The van der Waals surface area contributed by atoms with Crippen LogP contribution >= 0.6 is 27.3 Å². The highest BCUT2D eigenvalue weighted by atomic mass is 79.9. The zero-order chi connectivity index (χ0) is 13.9. The molecule has 20 heavy (non-hydrogen) atoms. The largest absolute Gasteiger partial charge is 0.378 e. The van der Waals surface area contributed by atoms with Gasteiger partial charge in [-0.3, -0.25) is 0 Å². The van der Waals surface area contributed by atoms with E-state index in [1.165, 1.54) is 11.2 Å². The zero-order valence-electron chi connectivity index (χ0n) is 10.8. The number of rotatable bonds is 4. The molecule has 0 spiro atoms. The van der Waals surface area contributed by atoms with Crippen molar-refractivity contribution in [3.05, 3.63) is 57.7 Å². The third kappa shape index (κ3) is 2.91. The molecule has 0 saturated carbocycles. The maximum atomic E-state index is 4.11. The monoisotopic (exact) mass is 348 g/mol. The molecule has 0 saturated heterocycles. The van der Waals surface area contributed by atoms with E-state index < -0.39 is 0 Å². The lowest BCUT2D eigenvalue weighted by atomic mass is 10.2. The molecule has 0 amide bonds. The summed E-state index contributed by atoms with van der Waals surface area (Å²) in [6.07, 6.45) is 3.22. The predicted octanol–water partition coefficient (Wildman–Crippen LogP) is 4.26. The van der Waals surface area contributed by atoms with Gasteiger partial charge in [-0.05, 0) is 59.3 Å². The fourth-order valence-corrected chi connectivity index (χ4v) is 3.36. The van der Waals surface area contributed by atoms with Gasteiger partial charge >= 0.3 is 0 Å². The summed E-state index contributed by atoms with van der Waals surface area (Å²) in [4.78, 5) is 5.25. The molecule has 3 rings (SSSR count). The van der Waals surface area contributed by atoms with Gasteiger partial charge in [0.15, 0.2) is 0 Å². The van der Waals surface area contributed by atoms with Gasteiger partial charge in [0.05, 0.1) is 15.5 Å². The average Bonchev–Trinajstić information content (AvgIpc) is 3.10. The maximum Gasteiger partial charge on any atom is 0.138 e. The second-order valence-electron chi connectivity index (χ2n) is 4.39. The third-order valence-corrected chi connectivity index (χ3v) is 4.76. The average molecular weight is 349 g/mol. The Hall–Kier alpha value is -1.66. The first-order chi connectivity index (χ1) is 9.72. The minimum absolute atomic E-state index is 0.281. The summed E-state index contributed by atoms with van der Waals surface area (Å²) in [5.41, 5.74) is 2.09. The van der Waals surface area contributed by atoms with Crippen LogP contribution < -0.4 is 5.32 Å². The molecule has 0 radical (unpaired) electrons. The Morgan fingerprint density at radius 1 is 1.20 bits per heavy atom. The summed E-state index contributed by atoms with van der Waals surface area (Å²) in [5.74, 6) is 0. The van der Waals surface area contributed by atoms with Gasteiger partial charge in [-0.1, -0.05) is 0 Å². The highest BCUT2D eigenvalue weighted by Gasteiger charge is 2.08.